The Morgan fingerprint density at radius 1 is 1.17 bits per heavy atom. The third-order valence-electron chi connectivity index (χ3n) is 6.52. The van der Waals surface area contributed by atoms with E-state index in [0.29, 0.717) is 6.04 Å². The van der Waals surface area contributed by atoms with Gasteiger partial charge in [-0.05, 0) is 68.2 Å². The van der Waals surface area contributed by atoms with Gasteiger partial charge in [-0.3, -0.25) is 4.90 Å². The summed E-state index contributed by atoms with van der Waals surface area (Å²) in [7, 11) is 3.61. The van der Waals surface area contributed by atoms with Gasteiger partial charge in [0, 0.05) is 57.4 Å². The summed E-state index contributed by atoms with van der Waals surface area (Å²) in [5.41, 5.74) is 1.34. The predicted octanol–water partition coefficient (Wildman–Crippen LogP) is 3.64. The summed E-state index contributed by atoms with van der Waals surface area (Å²) in [5, 5.41) is 4.44. The van der Waals surface area contributed by atoms with E-state index in [4.69, 9.17) is 0 Å². The van der Waals surface area contributed by atoms with Gasteiger partial charge in [0.25, 0.3) is 0 Å². The molecule has 1 N–H and O–H groups in total. The number of aromatic nitrogens is 1. The predicted molar refractivity (Wildman–Crippen MR) is 121 cm³/mol. The van der Waals surface area contributed by atoms with E-state index in [1.807, 2.05) is 6.20 Å². The van der Waals surface area contributed by atoms with E-state index < -0.39 is 0 Å². The molecule has 29 heavy (non-hydrogen) atoms. The molecule has 0 radical (unpaired) electrons. The standard InChI is InChI=1S/C22H33N5OS/c1-25(2)22(28)24-18-8-6-17(7-9-18)10-11-26-12-14-27(15-13-26)20-4-3-5-21-19(20)16-23-29-21/h3-5,16-18H,6-15H2,1-2H3,(H,24,28)/t17-,18-. The summed E-state index contributed by atoms with van der Waals surface area (Å²) in [4.78, 5) is 18.6. The molecule has 1 aliphatic carbocycles. The minimum atomic E-state index is 0.0419. The van der Waals surface area contributed by atoms with Gasteiger partial charge in [-0.25, -0.2) is 4.79 Å². The van der Waals surface area contributed by atoms with Gasteiger partial charge in [-0.15, -0.1) is 0 Å². The molecular weight excluding hydrogens is 382 g/mol. The van der Waals surface area contributed by atoms with Crippen LogP contribution in [0.15, 0.2) is 24.4 Å². The first-order valence-corrected chi connectivity index (χ1v) is 11.7. The van der Waals surface area contributed by atoms with Gasteiger partial charge < -0.3 is 15.1 Å². The number of hydrogen-bond acceptors (Lipinski definition) is 5. The fraction of sp³-hybridized carbons (Fsp3) is 0.636. The normalized spacial score (nSPS) is 23.3. The molecule has 2 aromatic rings. The summed E-state index contributed by atoms with van der Waals surface area (Å²) < 4.78 is 5.64. The lowest BCUT2D eigenvalue weighted by molar-refractivity contribution is 0.194. The Hall–Kier alpha value is -1.86. The maximum absolute atomic E-state index is 11.8. The Balaban J connectivity index is 1.18. The number of benzene rings is 1. The van der Waals surface area contributed by atoms with E-state index in [1.165, 1.54) is 41.6 Å². The van der Waals surface area contributed by atoms with E-state index in [1.54, 1.807) is 30.5 Å². The third kappa shape index (κ3) is 5.01. The molecule has 7 heteroatoms. The van der Waals surface area contributed by atoms with Crippen LogP contribution < -0.4 is 10.2 Å². The first-order valence-electron chi connectivity index (χ1n) is 10.9. The van der Waals surface area contributed by atoms with Crippen LogP contribution in [0.5, 0.6) is 0 Å². The quantitative estimate of drug-likeness (QED) is 0.810. The Labute approximate surface area is 178 Å². The van der Waals surface area contributed by atoms with Crippen molar-refractivity contribution in [3.8, 4) is 0 Å². The molecule has 2 amide bonds. The lowest BCUT2D eigenvalue weighted by Gasteiger charge is -2.37. The highest BCUT2D eigenvalue weighted by molar-refractivity contribution is 7.13. The molecule has 158 valence electrons. The number of nitrogens with zero attached hydrogens (tertiary/aromatic N) is 4. The second-order valence-corrected chi connectivity index (χ2v) is 9.53. The van der Waals surface area contributed by atoms with Crippen LogP contribution in [0.4, 0.5) is 10.5 Å². The van der Waals surface area contributed by atoms with E-state index in [9.17, 15) is 4.79 Å². The molecule has 4 rings (SSSR count). The van der Waals surface area contributed by atoms with Gasteiger partial charge in [-0.2, -0.15) is 4.37 Å². The molecule has 6 nitrogen and oxygen atoms in total. The van der Waals surface area contributed by atoms with Crippen LogP contribution in [0.25, 0.3) is 10.1 Å². The summed E-state index contributed by atoms with van der Waals surface area (Å²) >= 11 is 1.58. The van der Waals surface area contributed by atoms with Gasteiger partial charge in [0.1, 0.15) is 0 Å². The maximum atomic E-state index is 11.8. The van der Waals surface area contributed by atoms with Crippen molar-refractivity contribution >= 4 is 33.3 Å². The zero-order chi connectivity index (χ0) is 20.2. The molecule has 2 heterocycles. The van der Waals surface area contributed by atoms with Crippen molar-refractivity contribution < 1.29 is 4.79 Å². The van der Waals surface area contributed by atoms with E-state index in [-0.39, 0.29) is 6.03 Å². The summed E-state index contributed by atoms with van der Waals surface area (Å²) in [6, 6.07) is 6.95. The molecule has 1 aromatic carbocycles. The lowest BCUT2D eigenvalue weighted by atomic mass is 9.84. The van der Waals surface area contributed by atoms with Gasteiger partial charge in [0.2, 0.25) is 0 Å². The zero-order valence-electron chi connectivity index (χ0n) is 17.6. The number of amides is 2. The summed E-state index contributed by atoms with van der Waals surface area (Å²) in [6.07, 6.45) is 8.03. The number of carbonyl (C=O) groups excluding carboxylic acids is 1. The van der Waals surface area contributed by atoms with Crippen LogP contribution >= 0.6 is 11.5 Å². The smallest absolute Gasteiger partial charge is 0.317 e. The Kier molecular flexibility index (Phi) is 6.55. The van der Waals surface area contributed by atoms with Crippen molar-refractivity contribution in [3.63, 3.8) is 0 Å². The molecule has 0 atom stereocenters. The largest absolute Gasteiger partial charge is 0.368 e. The van der Waals surface area contributed by atoms with Crippen LogP contribution in [-0.4, -0.2) is 73.1 Å². The number of anilines is 1. The highest BCUT2D eigenvalue weighted by atomic mass is 32.1. The van der Waals surface area contributed by atoms with Crippen LogP contribution in [0.3, 0.4) is 0 Å². The van der Waals surface area contributed by atoms with Crippen LogP contribution in [0.2, 0.25) is 0 Å². The van der Waals surface area contributed by atoms with Gasteiger partial charge >= 0.3 is 6.03 Å². The van der Waals surface area contributed by atoms with Crippen LogP contribution in [0.1, 0.15) is 32.1 Å². The van der Waals surface area contributed by atoms with Crippen molar-refractivity contribution in [1.29, 1.82) is 0 Å². The number of rotatable bonds is 5. The van der Waals surface area contributed by atoms with E-state index >= 15 is 0 Å². The molecule has 0 unspecified atom stereocenters. The topological polar surface area (TPSA) is 51.7 Å². The average Bonchev–Trinajstić information content (AvgIpc) is 3.22. The molecule has 0 bridgehead atoms. The molecule has 1 aliphatic heterocycles. The average molecular weight is 416 g/mol. The molecule has 1 saturated heterocycles. The SMILES string of the molecule is CN(C)C(=O)N[C@H]1CC[C@H](CCN2CCN(c3cccc4sncc34)CC2)CC1. The summed E-state index contributed by atoms with van der Waals surface area (Å²) in [6.45, 7) is 5.68. The molecular formula is C22H33N5OS. The second kappa shape index (κ2) is 9.30. The van der Waals surface area contributed by atoms with Crippen molar-refractivity contribution in [2.24, 2.45) is 5.92 Å². The molecule has 1 aromatic heterocycles. The number of urea groups is 1. The van der Waals surface area contributed by atoms with Crippen molar-refractivity contribution in [3.05, 3.63) is 24.4 Å². The number of hydrogen-bond donors (Lipinski definition) is 1. The maximum Gasteiger partial charge on any atom is 0.317 e. The van der Waals surface area contributed by atoms with Gasteiger partial charge in [-0.1, -0.05) is 6.07 Å². The minimum absolute atomic E-state index is 0.0419. The molecule has 0 spiro atoms. The summed E-state index contributed by atoms with van der Waals surface area (Å²) in [5.74, 6) is 0.811. The number of nitrogens with one attached hydrogen (secondary N) is 1. The molecule has 2 aliphatic rings. The van der Waals surface area contributed by atoms with Crippen LogP contribution in [-0.2, 0) is 0 Å². The van der Waals surface area contributed by atoms with Crippen molar-refractivity contribution in [1.82, 2.24) is 19.5 Å². The number of carbonyl (C=O) groups is 1. The van der Waals surface area contributed by atoms with Crippen molar-refractivity contribution in [2.45, 2.75) is 38.1 Å². The molecule has 2 fully saturated rings. The van der Waals surface area contributed by atoms with Crippen LogP contribution in [0, 0.1) is 5.92 Å². The first-order chi connectivity index (χ1) is 14.1. The Morgan fingerprint density at radius 3 is 2.66 bits per heavy atom. The third-order valence-corrected chi connectivity index (χ3v) is 7.29. The number of fused-ring (bicyclic) bond motifs is 1. The van der Waals surface area contributed by atoms with Gasteiger partial charge in [0.05, 0.1) is 10.9 Å². The monoisotopic (exact) mass is 415 g/mol. The highest BCUT2D eigenvalue weighted by Gasteiger charge is 2.24. The van der Waals surface area contributed by atoms with Gasteiger partial charge in [0.15, 0.2) is 0 Å². The van der Waals surface area contributed by atoms with Crippen molar-refractivity contribution in [2.75, 3.05) is 51.7 Å². The molecule has 1 saturated carbocycles. The zero-order valence-corrected chi connectivity index (χ0v) is 18.5. The van der Waals surface area contributed by atoms with E-state index in [0.717, 1.165) is 44.9 Å². The Morgan fingerprint density at radius 2 is 1.93 bits per heavy atom. The fourth-order valence-electron chi connectivity index (χ4n) is 4.63. The lowest BCUT2D eigenvalue weighted by Crippen LogP contribution is -2.47. The second-order valence-electron chi connectivity index (χ2n) is 8.69. The highest BCUT2D eigenvalue weighted by Crippen LogP contribution is 2.30. The Bertz CT molecular complexity index is 806. The fourth-order valence-corrected chi connectivity index (χ4v) is 5.30. The van der Waals surface area contributed by atoms with E-state index in [2.05, 4.69) is 37.7 Å². The minimum Gasteiger partial charge on any atom is -0.368 e. The first kappa shape index (κ1) is 20.4. The number of piperazine rings is 1.